The Bertz CT molecular complexity index is 1230. The zero-order valence-electron chi connectivity index (χ0n) is 17.9. The number of nitrogens with zero attached hydrogens (tertiary/aromatic N) is 3. The number of likely N-dealkylation sites (tertiary alicyclic amines) is 1. The molecule has 1 fully saturated rings. The number of aliphatic hydroxyl groups excluding tert-OH is 1. The van der Waals surface area contributed by atoms with Crippen molar-refractivity contribution in [2.75, 3.05) is 14.2 Å². The minimum absolute atomic E-state index is 0.0791. The molecule has 1 N–H and O–H groups in total. The molecule has 1 aliphatic heterocycles. The molecule has 1 atom stereocenters. The molecule has 0 bridgehead atoms. The molecular weight excluding hydrogens is 446 g/mol. The Morgan fingerprint density at radius 3 is 2.42 bits per heavy atom. The Morgan fingerprint density at radius 1 is 1.06 bits per heavy atom. The van der Waals surface area contributed by atoms with Gasteiger partial charge >= 0.3 is 0 Å². The molecule has 1 aliphatic rings. The van der Waals surface area contributed by atoms with Crippen LogP contribution >= 0.6 is 11.6 Å². The number of amides is 1. The first kappa shape index (κ1) is 22.3. The van der Waals surface area contributed by atoms with E-state index in [1.165, 1.54) is 31.3 Å². The number of methoxy groups -OCH3 is 2. The summed E-state index contributed by atoms with van der Waals surface area (Å²) in [4.78, 5) is 35.9. The van der Waals surface area contributed by atoms with Crippen molar-refractivity contribution < 1.29 is 24.2 Å². The third-order valence-corrected chi connectivity index (χ3v) is 5.64. The van der Waals surface area contributed by atoms with Crippen LogP contribution in [0, 0.1) is 0 Å². The van der Waals surface area contributed by atoms with E-state index in [-0.39, 0.29) is 28.5 Å². The second-order valence-corrected chi connectivity index (χ2v) is 7.62. The topological polar surface area (TPSA) is 102 Å². The number of halogens is 1. The number of carbonyl (C=O) groups excluding carboxylic acids is 2. The minimum Gasteiger partial charge on any atom is -0.507 e. The van der Waals surface area contributed by atoms with Crippen LogP contribution in [0.3, 0.4) is 0 Å². The number of Topliss-reactive ketones (excluding diaryl/α,β-unsaturated/α-hetero) is 1. The van der Waals surface area contributed by atoms with Crippen LogP contribution in [0.5, 0.6) is 11.5 Å². The average Bonchev–Trinajstić information content (AvgIpc) is 3.09. The van der Waals surface area contributed by atoms with Crippen LogP contribution in [0.2, 0.25) is 5.02 Å². The molecule has 168 valence electrons. The van der Waals surface area contributed by atoms with Gasteiger partial charge in [0.15, 0.2) is 0 Å². The standard InChI is InChI=1S/C24H20ClN3O5/c1-32-18-12-19(33-2)17(25)11-16(18)22(29)20-21(14-6-9-26-10-7-14)28(24(31)23(20)30)13-15-5-3-4-8-27-15/h3-12,21,29H,13H2,1-2H3/b22-20+. The molecule has 3 heterocycles. The average molecular weight is 466 g/mol. The summed E-state index contributed by atoms with van der Waals surface area (Å²) in [5.41, 5.74) is 1.30. The molecule has 1 saturated heterocycles. The van der Waals surface area contributed by atoms with Gasteiger partial charge in [-0.15, -0.1) is 0 Å². The van der Waals surface area contributed by atoms with Gasteiger partial charge in [-0.3, -0.25) is 19.6 Å². The number of rotatable bonds is 6. The number of aliphatic hydroxyl groups is 1. The largest absolute Gasteiger partial charge is 0.507 e. The second kappa shape index (κ2) is 9.30. The molecule has 1 unspecified atom stereocenters. The van der Waals surface area contributed by atoms with Crippen LogP contribution in [0.25, 0.3) is 5.76 Å². The fourth-order valence-electron chi connectivity index (χ4n) is 3.79. The van der Waals surface area contributed by atoms with E-state index in [0.29, 0.717) is 17.0 Å². The Hall–Kier alpha value is -3.91. The van der Waals surface area contributed by atoms with Gasteiger partial charge in [0.2, 0.25) is 0 Å². The highest BCUT2D eigenvalue weighted by Gasteiger charge is 2.46. The lowest BCUT2D eigenvalue weighted by molar-refractivity contribution is -0.140. The summed E-state index contributed by atoms with van der Waals surface area (Å²) in [6.45, 7) is 0.0791. The lowest BCUT2D eigenvalue weighted by atomic mass is 9.95. The molecule has 1 aromatic carbocycles. The number of benzene rings is 1. The summed E-state index contributed by atoms with van der Waals surface area (Å²) in [7, 11) is 2.87. The van der Waals surface area contributed by atoms with Crippen LogP contribution in [0.4, 0.5) is 0 Å². The van der Waals surface area contributed by atoms with Gasteiger partial charge in [-0.25, -0.2) is 0 Å². The molecule has 3 aromatic rings. The van der Waals surface area contributed by atoms with Gasteiger partial charge in [-0.1, -0.05) is 17.7 Å². The third kappa shape index (κ3) is 4.12. The summed E-state index contributed by atoms with van der Waals surface area (Å²) in [6, 6.07) is 10.8. The van der Waals surface area contributed by atoms with Crippen molar-refractivity contribution in [2.24, 2.45) is 0 Å². The zero-order chi connectivity index (χ0) is 23.5. The summed E-state index contributed by atoms with van der Waals surface area (Å²) < 4.78 is 10.6. The van der Waals surface area contributed by atoms with Gasteiger partial charge in [-0.2, -0.15) is 0 Å². The normalized spacial score (nSPS) is 17.3. The molecular formula is C24H20ClN3O5. The molecule has 1 amide bonds. The van der Waals surface area contributed by atoms with E-state index >= 15 is 0 Å². The van der Waals surface area contributed by atoms with Crippen molar-refractivity contribution in [2.45, 2.75) is 12.6 Å². The van der Waals surface area contributed by atoms with Gasteiger partial charge < -0.3 is 19.5 Å². The van der Waals surface area contributed by atoms with E-state index in [4.69, 9.17) is 21.1 Å². The van der Waals surface area contributed by atoms with Crippen LogP contribution in [-0.4, -0.2) is 45.9 Å². The number of aromatic nitrogens is 2. The van der Waals surface area contributed by atoms with E-state index in [1.807, 2.05) is 0 Å². The van der Waals surface area contributed by atoms with E-state index in [1.54, 1.807) is 48.9 Å². The fraction of sp³-hybridized carbons (Fsp3) is 0.167. The van der Waals surface area contributed by atoms with Gasteiger partial charge in [-0.05, 0) is 35.9 Å². The van der Waals surface area contributed by atoms with Crippen molar-refractivity contribution in [1.29, 1.82) is 0 Å². The highest BCUT2D eigenvalue weighted by atomic mass is 35.5. The zero-order valence-corrected chi connectivity index (χ0v) is 18.6. The Kier molecular flexibility index (Phi) is 6.28. The monoisotopic (exact) mass is 465 g/mol. The first-order chi connectivity index (χ1) is 16.0. The van der Waals surface area contributed by atoms with Crippen LogP contribution in [0.1, 0.15) is 22.9 Å². The molecule has 0 saturated carbocycles. The van der Waals surface area contributed by atoms with E-state index in [9.17, 15) is 14.7 Å². The number of hydrogen-bond acceptors (Lipinski definition) is 7. The van der Waals surface area contributed by atoms with Gasteiger partial charge in [0.25, 0.3) is 11.7 Å². The SMILES string of the molecule is COc1cc(OC)c(/C(O)=C2\C(=O)C(=O)N(Cc3ccccn3)C2c2ccncc2)cc1Cl. The number of ether oxygens (including phenoxy) is 2. The minimum atomic E-state index is -0.861. The number of hydrogen-bond donors (Lipinski definition) is 1. The molecule has 4 rings (SSSR count). The van der Waals surface area contributed by atoms with Crippen LogP contribution in [-0.2, 0) is 16.1 Å². The van der Waals surface area contributed by atoms with Crippen LogP contribution in [0.15, 0.2) is 66.6 Å². The number of ketones is 1. The van der Waals surface area contributed by atoms with Crippen molar-refractivity contribution in [1.82, 2.24) is 14.9 Å². The van der Waals surface area contributed by atoms with Gasteiger partial charge in [0.1, 0.15) is 17.3 Å². The van der Waals surface area contributed by atoms with Crippen molar-refractivity contribution in [3.05, 3.63) is 88.5 Å². The maximum Gasteiger partial charge on any atom is 0.296 e. The predicted octanol–water partition coefficient (Wildman–Crippen LogP) is 3.77. The number of carbonyl (C=O) groups is 2. The van der Waals surface area contributed by atoms with Crippen LogP contribution < -0.4 is 9.47 Å². The first-order valence-corrected chi connectivity index (χ1v) is 10.3. The lowest BCUT2D eigenvalue weighted by Gasteiger charge is -2.25. The highest BCUT2D eigenvalue weighted by Crippen LogP contribution is 2.43. The maximum atomic E-state index is 13.2. The van der Waals surface area contributed by atoms with Crippen molar-refractivity contribution >= 4 is 29.1 Å². The molecule has 2 aromatic heterocycles. The molecule has 0 radical (unpaired) electrons. The third-order valence-electron chi connectivity index (χ3n) is 5.35. The summed E-state index contributed by atoms with van der Waals surface area (Å²) in [5, 5.41) is 11.5. The Balaban J connectivity index is 1.90. The van der Waals surface area contributed by atoms with E-state index in [0.717, 1.165) is 0 Å². The quantitative estimate of drug-likeness (QED) is 0.336. The van der Waals surface area contributed by atoms with Crippen molar-refractivity contribution in [3.8, 4) is 11.5 Å². The molecule has 0 aliphatic carbocycles. The molecule has 0 spiro atoms. The van der Waals surface area contributed by atoms with Gasteiger partial charge in [0.05, 0.1) is 48.7 Å². The summed E-state index contributed by atoms with van der Waals surface area (Å²) in [5.74, 6) is -1.40. The first-order valence-electron chi connectivity index (χ1n) is 9.96. The Morgan fingerprint density at radius 2 is 1.79 bits per heavy atom. The van der Waals surface area contributed by atoms with E-state index < -0.39 is 23.5 Å². The van der Waals surface area contributed by atoms with E-state index in [2.05, 4.69) is 9.97 Å². The van der Waals surface area contributed by atoms with Crippen molar-refractivity contribution in [3.63, 3.8) is 0 Å². The predicted molar refractivity (Wildman–Crippen MR) is 121 cm³/mol. The van der Waals surface area contributed by atoms with Gasteiger partial charge in [0, 0.05) is 24.7 Å². The molecule has 8 nitrogen and oxygen atoms in total. The summed E-state index contributed by atoms with van der Waals surface area (Å²) in [6.07, 6.45) is 4.72. The molecule has 33 heavy (non-hydrogen) atoms. The maximum absolute atomic E-state index is 13.2. The lowest BCUT2D eigenvalue weighted by Crippen LogP contribution is -2.29. The number of pyridine rings is 2. The highest BCUT2D eigenvalue weighted by molar-refractivity contribution is 6.46. The fourth-order valence-corrected chi connectivity index (χ4v) is 4.03. The second-order valence-electron chi connectivity index (χ2n) is 7.22. The Labute approximate surface area is 195 Å². The molecule has 9 heteroatoms. The summed E-state index contributed by atoms with van der Waals surface area (Å²) >= 11 is 6.27. The smallest absolute Gasteiger partial charge is 0.296 e.